The third-order valence-electron chi connectivity index (χ3n) is 1.30. The Balaban J connectivity index is 2.62. The van der Waals surface area contributed by atoms with E-state index < -0.39 is 0 Å². The summed E-state index contributed by atoms with van der Waals surface area (Å²) in [6, 6.07) is 3.35. The largest absolute Gasteiger partial charge is 0.466 e. The van der Waals surface area contributed by atoms with Gasteiger partial charge in [-0.1, -0.05) is 10.2 Å². The van der Waals surface area contributed by atoms with Crippen LogP contribution in [-0.4, -0.2) is 0 Å². The summed E-state index contributed by atoms with van der Waals surface area (Å²) < 4.78 is 5.16. The van der Waals surface area contributed by atoms with Crippen molar-refractivity contribution in [1.29, 1.82) is 0 Å². The molecule has 0 saturated carbocycles. The molecule has 0 N–H and O–H groups in total. The minimum atomic E-state index is 0.173. The first-order valence-corrected chi connectivity index (χ1v) is 3.46. The van der Waals surface area contributed by atoms with E-state index in [4.69, 9.17) is 15.5 Å². The van der Waals surface area contributed by atoms with Crippen LogP contribution in [0.2, 0.25) is 0 Å². The van der Waals surface area contributed by atoms with Crippen LogP contribution in [-0.2, 0) is 13.1 Å². The Kier molecular flexibility index (Phi) is 3.26. The fourth-order valence-electron chi connectivity index (χ4n) is 0.795. The van der Waals surface area contributed by atoms with Crippen LogP contribution in [0.5, 0.6) is 0 Å². The lowest BCUT2D eigenvalue weighted by Crippen LogP contribution is -1.74. The van der Waals surface area contributed by atoms with Crippen LogP contribution in [0.3, 0.4) is 0 Å². The monoisotopic (exact) mass is 178 g/mol. The summed E-state index contributed by atoms with van der Waals surface area (Å²) in [4.78, 5) is 5.17. The minimum Gasteiger partial charge on any atom is -0.466 e. The Morgan fingerprint density at radius 3 is 1.92 bits per heavy atom. The summed E-state index contributed by atoms with van der Waals surface area (Å²) in [6.45, 7) is 0.347. The second kappa shape index (κ2) is 4.71. The van der Waals surface area contributed by atoms with Crippen LogP contribution in [0.1, 0.15) is 11.5 Å². The van der Waals surface area contributed by atoms with Gasteiger partial charge >= 0.3 is 0 Å². The highest BCUT2D eigenvalue weighted by molar-refractivity contribution is 5.06. The summed E-state index contributed by atoms with van der Waals surface area (Å²) in [5.74, 6) is 1.11. The summed E-state index contributed by atoms with van der Waals surface area (Å²) in [5, 5.41) is 6.64. The van der Waals surface area contributed by atoms with Crippen molar-refractivity contribution in [2.75, 3.05) is 0 Å². The molecule has 0 fully saturated rings. The van der Waals surface area contributed by atoms with E-state index in [0.29, 0.717) is 11.5 Å². The first kappa shape index (κ1) is 8.99. The fraction of sp³-hybridized carbons (Fsp3) is 0.333. The number of rotatable bonds is 4. The van der Waals surface area contributed by atoms with E-state index in [0.717, 1.165) is 0 Å². The molecule has 0 aromatic carbocycles. The third kappa shape index (κ3) is 2.78. The molecule has 0 bridgehead atoms. The second-order valence-electron chi connectivity index (χ2n) is 2.15. The van der Waals surface area contributed by atoms with E-state index in [1.165, 1.54) is 0 Å². The quantitative estimate of drug-likeness (QED) is 0.394. The van der Waals surface area contributed by atoms with Crippen molar-refractivity contribution in [3.05, 3.63) is 44.5 Å². The molecule has 0 aliphatic rings. The predicted octanol–water partition coefficient (Wildman–Crippen LogP) is 2.90. The molecule has 0 aliphatic carbocycles. The van der Waals surface area contributed by atoms with E-state index in [1.54, 1.807) is 12.1 Å². The first-order chi connectivity index (χ1) is 6.36. The van der Waals surface area contributed by atoms with Crippen LogP contribution >= 0.6 is 0 Å². The molecule has 0 saturated heterocycles. The van der Waals surface area contributed by atoms with Gasteiger partial charge in [0.05, 0.1) is 13.1 Å². The van der Waals surface area contributed by atoms with Gasteiger partial charge in [-0.3, -0.25) is 0 Å². The predicted molar refractivity (Wildman–Crippen MR) is 44.4 cm³/mol. The lowest BCUT2D eigenvalue weighted by atomic mass is 10.4. The molecular weight excluding hydrogens is 172 g/mol. The van der Waals surface area contributed by atoms with E-state index in [1.807, 2.05) is 0 Å². The van der Waals surface area contributed by atoms with Gasteiger partial charge in [0.2, 0.25) is 0 Å². The van der Waals surface area contributed by atoms with E-state index >= 15 is 0 Å². The maximum atomic E-state index is 8.03. The molecule has 1 aromatic rings. The maximum Gasteiger partial charge on any atom is 0.110 e. The zero-order valence-electron chi connectivity index (χ0n) is 6.66. The molecule has 1 heterocycles. The molecule has 0 aliphatic heterocycles. The fourth-order valence-corrected chi connectivity index (χ4v) is 0.795. The Hall–Kier alpha value is -2.10. The zero-order valence-corrected chi connectivity index (χ0v) is 6.66. The van der Waals surface area contributed by atoms with Gasteiger partial charge < -0.3 is 4.42 Å². The topological polar surface area (TPSA) is 111 Å². The Bertz CT molecular complexity index is 336. The van der Waals surface area contributed by atoms with Gasteiger partial charge in [0, 0.05) is 9.82 Å². The molecule has 0 amide bonds. The van der Waals surface area contributed by atoms with Gasteiger partial charge in [-0.15, -0.1) is 0 Å². The molecule has 13 heavy (non-hydrogen) atoms. The minimum absolute atomic E-state index is 0.173. The van der Waals surface area contributed by atoms with E-state index in [2.05, 4.69) is 20.1 Å². The highest BCUT2D eigenvalue weighted by Crippen LogP contribution is 2.09. The molecular formula is C6H6N6O. The molecule has 1 rings (SSSR count). The van der Waals surface area contributed by atoms with Crippen molar-refractivity contribution >= 4 is 0 Å². The molecule has 1 aromatic heterocycles. The third-order valence-corrected chi connectivity index (χ3v) is 1.30. The van der Waals surface area contributed by atoms with Crippen LogP contribution in [0.15, 0.2) is 26.8 Å². The molecule has 0 spiro atoms. The number of azide groups is 2. The number of hydrogen-bond donors (Lipinski definition) is 0. The van der Waals surface area contributed by atoms with Crippen molar-refractivity contribution in [1.82, 2.24) is 0 Å². The summed E-state index contributed by atoms with van der Waals surface area (Å²) >= 11 is 0. The van der Waals surface area contributed by atoms with Crippen molar-refractivity contribution in [3.8, 4) is 0 Å². The second-order valence-corrected chi connectivity index (χ2v) is 2.15. The lowest BCUT2D eigenvalue weighted by molar-refractivity contribution is 0.468. The van der Waals surface area contributed by atoms with Crippen molar-refractivity contribution < 1.29 is 4.42 Å². The van der Waals surface area contributed by atoms with Crippen LogP contribution < -0.4 is 0 Å². The molecule has 0 atom stereocenters. The standard InChI is InChI=1S/C6H6N6O/c7-11-9-3-5-1-2-6(13-5)4-10-12-8/h1-2H,3-4H2. The summed E-state index contributed by atoms with van der Waals surface area (Å²) in [6.07, 6.45) is 0. The normalized spacial score (nSPS) is 8.62. The van der Waals surface area contributed by atoms with Gasteiger partial charge in [0.25, 0.3) is 0 Å². The number of hydrogen-bond acceptors (Lipinski definition) is 3. The first-order valence-electron chi connectivity index (χ1n) is 3.46. The van der Waals surface area contributed by atoms with Gasteiger partial charge in [0.1, 0.15) is 11.5 Å². The Morgan fingerprint density at radius 2 is 1.54 bits per heavy atom. The van der Waals surface area contributed by atoms with Crippen LogP contribution in [0.4, 0.5) is 0 Å². The average Bonchev–Trinajstić information content (AvgIpc) is 2.59. The van der Waals surface area contributed by atoms with Gasteiger partial charge in [-0.2, -0.15) is 0 Å². The van der Waals surface area contributed by atoms with Crippen molar-refractivity contribution in [2.45, 2.75) is 13.1 Å². The molecule has 66 valence electrons. The number of furan rings is 1. The van der Waals surface area contributed by atoms with Crippen molar-refractivity contribution in [2.24, 2.45) is 10.2 Å². The Labute approximate surface area is 73.2 Å². The lowest BCUT2D eigenvalue weighted by Gasteiger charge is -1.87. The molecule has 7 heteroatoms. The summed E-state index contributed by atoms with van der Waals surface area (Å²) in [5.41, 5.74) is 16.1. The summed E-state index contributed by atoms with van der Waals surface area (Å²) in [7, 11) is 0. The molecule has 0 unspecified atom stereocenters. The number of nitrogens with zero attached hydrogens (tertiary/aromatic N) is 6. The Morgan fingerprint density at radius 1 is 1.08 bits per heavy atom. The van der Waals surface area contributed by atoms with Gasteiger partial charge in [0.15, 0.2) is 0 Å². The van der Waals surface area contributed by atoms with Crippen LogP contribution in [0.25, 0.3) is 20.9 Å². The SMILES string of the molecule is [N-]=[N+]=NCc1ccc(CN=[N+]=[N-])o1. The highest BCUT2D eigenvalue weighted by atomic mass is 16.3. The average molecular weight is 178 g/mol. The van der Waals surface area contributed by atoms with E-state index in [9.17, 15) is 0 Å². The highest BCUT2D eigenvalue weighted by Gasteiger charge is 1.98. The molecule has 7 nitrogen and oxygen atoms in total. The van der Waals surface area contributed by atoms with Gasteiger partial charge in [-0.05, 0) is 23.2 Å². The zero-order chi connectivity index (χ0) is 9.52. The van der Waals surface area contributed by atoms with Crippen molar-refractivity contribution in [3.63, 3.8) is 0 Å². The van der Waals surface area contributed by atoms with E-state index in [-0.39, 0.29) is 13.1 Å². The van der Waals surface area contributed by atoms with Crippen LogP contribution in [0, 0.1) is 0 Å². The molecule has 0 radical (unpaired) electrons. The maximum absolute atomic E-state index is 8.03. The van der Waals surface area contributed by atoms with Gasteiger partial charge in [-0.25, -0.2) is 0 Å². The smallest absolute Gasteiger partial charge is 0.110 e.